The summed E-state index contributed by atoms with van der Waals surface area (Å²) in [5.41, 5.74) is 2.31. The number of nitrogens with zero attached hydrogens (tertiary/aromatic N) is 1. The molecule has 0 aliphatic carbocycles. The fourth-order valence-electron chi connectivity index (χ4n) is 3.21. The van der Waals surface area contributed by atoms with Gasteiger partial charge in [-0.1, -0.05) is 50.2 Å². The Hall–Kier alpha value is -2.04. The van der Waals surface area contributed by atoms with Crippen molar-refractivity contribution in [3.8, 4) is 11.5 Å². The van der Waals surface area contributed by atoms with E-state index in [9.17, 15) is 5.11 Å². The van der Waals surface area contributed by atoms with Gasteiger partial charge in [-0.25, -0.2) is 0 Å². The van der Waals surface area contributed by atoms with Gasteiger partial charge in [0.2, 0.25) is 0 Å². The van der Waals surface area contributed by atoms with E-state index < -0.39 is 6.10 Å². The molecule has 0 heterocycles. The van der Waals surface area contributed by atoms with Crippen molar-refractivity contribution in [3.63, 3.8) is 0 Å². The average molecular weight is 357 g/mol. The summed E-state index contributed by atoms with van der Waals surface area (Å²) in [4.78, 5) is 2.31. The highest BCUT2D eigenvalue weighted by molar-refractivity contribution is 5.42. The predicted molar refractivity (Wildman–Crippen MR) is 106 cm³/mol. The van der Waals surface area contributed by atoms with E-state index in [0.717, 1.165) is 35.7 Å². The van der Waals surface area contributed by atoms with E-state index >= 15 is 0 Å². The van der Waals surface area contributed by atoms with Crippen molar-refractivity contribution in [1.29, 1.82) is 0 Å². The summed E-state index contributed by atoms with van der Waals surface area (Å²) in [6.45, 7) is 6.74. The first-order chi connectivity index (χ1) is 12.5. The molecular weight excluding hydrogens is 326 g/mol. The highest BCUT2D eigenvalue weighted by atomic mass is 16.5. The van der Waals surface area contributed by atoms with E-state index in [1.54, 1.807) is 14.2 Å². The molecule has 1 atom stereocenters. The summed E-state index contributed by atoms with van der Waals surface area (Å²) >= 11 is 0. The standard InChI is InChI=1S/C22H31NO3/c1-17(2)14-23(16-20(24)12-18-8-6-5-7-9-18)15-19-10-11-21(25-3)22(13-19)26-4/h5-11,13,17,20,24H,12,14-16H2,1-4H3/t20-/m0/s1. The maximum Gasteiger partial charge on any atom is 0.161 e. The Bertz CT molecular complexity index is 658. The molecule has 4 nitrogen and oxygen atoms in total. The number of rotatable bonds is 10. The average Bonchev–Trinajstić information content (AvgIpc) is 2.61. The topological polar surface area (TPSA) is 41.9 Å². The Labute approximate surface area is 157 Å². The third kappa shape index (κ3) is 6.36. The van der Waals surface area contributed by atoms with E-state index in [1.807, 2.05) is 30.3 Å². The second-order valence-corrected chi connectivity index (χ2v) is 7.12. The molecule has 2 aromatic rings. The molecule has 0 radical (unpaired) electrons. The molecular formula is C22H31NO3. The number of benzene rings is 2. The number of aliphatic hydroxyl groups excluding tert-OH is 1. The molecule has 0 spiro atoms. The number of methoxy groups -OCH3 is 2. The van der Waals surface area contributed by atoms with Crippen molar-refractivity contribution in [2.45, 2.75) is 32.9 Å². The lowest BCUT2D eigenvalue weighted by atomic mass is 10.1. The van der Waals surface area contributed by atoms with E-state index in [-0.39, 0.29) is 0 Å². The monoisotopic (exact) mass is 357 g/mol. The highest BCUT2D eigenvalue weighted by Gasteiger charge is 2.15. The molecule has 4 heteroatoms. The summed E-state index contributed by atoms with van der Waals surface area (Å²) in [6, 6.07) is 16.1. The predicted octanol–water partition coefficient (Wildman–Crippen LogP) is 3.77. The lowest BCUT2D eigenvalue weighted by molar-refractivity contribution is 0.101. The van der Waals surface area contributed by atoms with Gasteiger partial charge in [0.1, 0.15) is 0 Å². The van der Waals surface area contributed by atoms with Crippen LogP contribution in [0.4, 0.5) is 0 Å². The fraction of sp³-hybridized carbons (Fsp3) is 0.455. The number of hydrogen-bond donors (Lipinski definition) is 1. The molecule has 2 rings (SSSR count). The number of ether oxygens (including phenoxy) is 2. The molecule has 2 aromatic carbocycles. The first kappa shape index (κ1) is 20.3. The largest absolute Gasteiger partial charge is 0.493 e. The van der Waals surface area contributed by atoms with Crippen LogP contribution in [0.1, 0.15) is 25.0 Å². The molecule has 0 saturated carbocycles. The van der Waals surface area contributed by atoms with E-state index in [2.05, 4.69) is 36.9 Å². The molecule has 142 valence electrons. The van der Waals surface area contributed by atoms with Crippen LogP contribution >= 0.6 is 0 Å². The van der Waals surface area contributed by atoms with Crippen molar-refractivity contribution in [1.82, 2.24) is 4.90 Å². The highest BCUT2D eigenvalue weighted by Crippen LogP contribution is 2.28. The molecule has 0 aliphatic heterocycles. The Morgan fingerprint density at radius 1 is 0.885 bits per heavy atom. The third-order valence-electron chi connectivity index (χ3n) is 4.26. The third-order valence-corrected chi connectivity index (χ3v) is 4.26. The Balaban J connectivity index is 2.04. The normalized spacial score (nSPS) is 12.4. The van der Waals surface area contributed by atoms with Crippen molar-refractivity contribution in [2.24, 2.45) is 5.92 Å². The van der Waals surface area contributed by atoms with E-state index in [4.69, 9.17) is 9.47 Å². The smallest absolute Gasteiger partial charge is 0.161 e. The molecule has 0 aromatic heterocycles. The van der Waals surface area contributed by atoms with Gasteiger partial charge in [-0.3, -0.25) is 4.90 Å². The van der Waals surface area contributed by atoms with Crippen LogP contribution in [0.25, 0.3) is 0 Å². The molecule has 0 aliphatic rings. The van der Waals surface area contributed by atoms with Crippen molar-refractivity contribution < 1.29 is 14.6 Å². The number of hydrogen-bond acceptors (Lipinski definition) is 4. The zero-order valence-corrected chi connectivity index (χ0v) is 16.3. The second-order valence-electron chi connectivity index (χ2n) is 7.12. The fourth-order valence-corrected chi connectivity index (χ4v) is 3.21. The van der Waals surface area contributed by atoms with Crippen molar-refractivity contribution >= 4 is 0 Å². The van der Waals surface area contributed by atoms with Crippen LogP contribution in [-0.4, -0.2) is 43.4 Å². The minimum Gasteiger partial charge on any atom is -0.493 e. The van der Waals surface area contributed by atoms with Crippen molar-refractivity contribution in [2.75, 3.05) is 27.3 Å². The maximum absolute atomic E-state index is 10.6. The van der Waals surface area contributed by atoms with Crippen molar-refractivity contribution in [3.05, 3.63) is 59.7 Å². The van der Waals surface area contributed by atoms with Crippen LogP contribution in [0.3, 0.4) is 0 Å². The van der Waals surface area contributed by atoms with Crippen LogP contribution in [0.2, 0.25) is 0 Å². The molecule has 0 amide bonds. The van der Waals surface area contributed by atoms with Gasteiger partial charge in [-0.15, -0.1) is 0 Å². The first-order valence-electron chi connectivity index (χ1n) is 9.17. The first-order valence-corrected chi connectivity index (χ1v) is 9.17. The SMILES string of the molecule is COc1ccc(CN(CC(C)C)C[C@@H](O)Cc2ccccc2)cc1OC. The van der Waals surface area contributed by atoms with Crippen LogP contribution in [0.5, 0.6) is 11.5 Å². The van der Waals surface area contributed by atoms with Gasteiger partial charge < -0.3 is 14.6 Å². The van der Waals surface area contributed by atoms with Gasteiger partial charge in [0.05, 0.1) is 20.3 Å². The van der Waals surface area contributed by atoms with Crippen LogP contribution in [0.15, 0.2) is 48.5 Å². The summed E-state index contributed by atoms with van der Waals surface area (Å²) in [6.07, 6.45) is 0.276. The van der Waals surface area contributed by atoms with Crippen LogP contribution < -0.4 is 9.47 Å². The van der Waals surface area contributed by atoms with Gasteiger partial charge in [-0.2, -0.15) is 0 Å². The van der Waals surface area contributed by atoms with Gasteiger partial charge in [0, 0.05) is 19.6 Å². The quantitative estimate of drug-likeness (QED) is 0.703. The molecule has 26 heavy (non-hydrogen) atoms. The Kier molecular flexibility index (Phi) is 7.95. The van der Waals surface area contributed by atoms with Gasteiger partial charge in [0.15, 0.2) is 11.5 Å². The Morgan fingerprint density at radius 3 is 2.19 bits per heavy atom. The minimum absolute atomic E-state index is 0.392. The summed E-state index contributed by atoms with van der Waals surface area (Å²) in [5.74, 6) is 1.99. The van der Waals surface area contributed by atoms with Crippen LogP contribution in [-0.2, 0) is 13.0 Å². The lowest BCUT2D eigenvalue weighted by Crippen LogP contribution is -2.35. The summed E-state index contributed by atoms with van der Waals surface area (Å²) < 4.78 is 10.7. The minimum atomic E-state index is -0.392. The van der Waals surface area contributed by atoms with Crippen LogP contribution in [0, 0.1) is 5.92 Å². The van der Waals surface area contributed by atoms with E-state index in [0.29, 0.717) is 18.9 Å². The summed E-state index contributed by atoms with van der Waals surface area (Å²) in [5, 5.41) is 10.6. The number of aliphatic hydroxyl groups is 1. The summed E-state index contributed by atoms with van der Waals surface area (Å²) in [7, 11) is 3.29. The Morgan fingerprint density at radius 2 is 1.58 bits per heavy atom. The molecule has 0 bridgehead atoms. The molecule has 1 N–H and O–H groups in total. The van der Waals surface area contributed by atoms with Gasteiger partial charge in [-0.05, 0) is 35.6 Å². The second kappa shape index (κ2) is 10.2. The molecule has 0 unspecified atom stereocenters. The van der Waals surface area contributed by atoms with E-state index in [1.165, 1.54) is 0 Å². The van der Waals surface area contributed by atoms with Gasteiger partial charge >= 0.3 is 0 Å². The lowest BCUT2D eigenvalue weighted by Gasteiger charge is -2.27. The zero-order valence-electron chi connectivity index (χ0n) is 16.3. The zero-order chi connectivity index (χ0) is 18.9. The molecule has 0 fully saturated rings. The maximum atomic E-state index is 10.6. The molecule has 0 saturated heterocycles. The van der Waals surface area contributed by atoms with Gasteiger partial charge in [0.25, 0.3) is 0 Å².